The Morgan fingerprint density at radius 2 is 1.90 bits per heavy atom. The van der Waals surface area contributed by atoms with Crippen molar-refractivity contribution in [1.82, 2.24) is 0 Å². The molecule has 0 saturated carbocycles. The lowest BCUT2D eigenvalue weighted by Gasteiger charge is -2.13. The summed E-state index contributed by atoms with van der Waals surface area (Å²) in [6, 6.07) is 14.3. The topological polar surface area (TPSA) is 85.7 Å². The van der Waals surface area contributed by atoms with Gasteiger partial charge in [0.2, 0.25) is 0 Å². The minimum Gasteiger partial charge on any atom is -0.488 e. The van der Waals surface area contributed by atoms with Gasteiger partial charge >= 0.3 is 5.97 Å². The Hall–Kier alpha value is -3.71. The van der Waals surface area contributed by atoms with Crippen LogP contribution in [-0.4, -0.2) is 11.1 Å². The van der Waals surface area contributed by atoms with Crippen molar-refractivity contribution in [2.45, 2.75) is 19.6 Å². The zero-order valence-corrected chi connectivity index (χ0v) is 16.4. The van der Waals surface area contributed by atoms with Crippen molar-refractivity contribution < 1.29 is 27.8 Å². The third-order valence-corrected chi connectivity index (χ3v) is 4.97. The lowest BCUT2D eigenvalue weighted by Crippen LogP contribution is -2.06. The quantitative estimate of drug-likeness (QED) is 0.435. The van der Waals surface area contributed by atoms with Crippen molar-refractivity contribution in [2.75, 3.05) is 0 Å². The number of aliphatic carboxylic acids is 1. The van der Waals surface area contributed by atoms with Gasteiger partial charge in [0.1, 0.15) is 29.6 Å². The second-order valence-corrected chi connectivity index (χ2v) is 7.08. The summed E-state index contributed by atoms with van der Waals surface area (Å²) in [6.45, 7) is 0.192. The monoisotopic (exact) mass is 423 g/mol. The van der Waals surface area contributed by atoms with Gasteiger partial charge in [0, 0.05) is 23.2 Å². The van der Waals surface area contributed by atoms with Crippen LogP contribution in [0.25, 0.3) is 22.1 Å². The molecule has 3 N–H and O–H groups in total. The molecule has 0 bridgehead atoms. The van der Waals surface area contributed by atoms with Crippen LogP contribution in [0.2, 0.25) is 0 Å². The Balaban J connectivity index is 1.72. The molecule has 0 saturated heterocycles. The Morgan fingerprint density at radius 3 is 2.68 bits per heavy atom. The number of ether oxygens (including phenoxy) is 1. The summed E-state index contributed by atoms with van der Waals surface area (Å²) in [4.78, 5) is 11.1. The molecule has 0 atom stereocenters. The van der Waals surface area contributed by atoms with E-state index < -0.39 is 24.0 Å². The maximum absolute atomic E-state index is 15.1. The first kappa shape index (κ1) is 20.6. The highest BCUT2D eigenvalue weighted by atomic mass is 19.1. The van der Waals surface area contributed by atoms with E-state index >= 15 is 4.39 Å². The standard InChI is InChI=1S/C24H19F2NO4/c25-18-4-5-21(16(9-18)11-22(28)29)31-13-17-10-20(15-3-1-2-14(8-15)12-27)24-19(23(17)26)6-7-30-24/h1-10H,11-13,27H2,(H,28,29). The third-order valence-electron chi connectivity index (χ3n) is 4.97. The number of furan rings is 1. The minimum absolute atomic E-state index is 0.172. The molecule has 0 spiro atoms. The molecule has 0 radical (unpaired) electrons. The smallest absolute Gasteiger partial charge is 0.307 e. The highest BCUT2D eigenvalue weighted by Crippen LogP contribution is 2.34. The maximum atomic E-state index is 15.1. The van der Waals surface area contributed by atoms with E-state index in [4.69, 9.17) is 20.0 Å². The number of hydrogen-bond donors (Lipinski definition) is 2. The van der Waals surface area contributed by atoms with Crippen LogP contribution in [0.1, 0.15) is 16.7 Å². The number of hydrogen-bond acceptors (Lipinski definition) is 4. The van der Waals surface area contributed by atoms with Gasteiger partial charge in [-0.2, -0.15) is 0 Å². The SMILES string of the molecule is NCc1cccc(-c2cc(COc3ccc(F)cc3CC(=O)O)c(F)c3ccoc23)c1. The number of fused-ring (bicyclic) bond motifs is 1. The number of nitrogens with two attached hydrogens (primary N) is 1. The van der Waals surface area contributed by atoms with Crippen LogP contribution in [0, 0.1) is 11.6 Å². The second-order valence-electron chi connectivity index (χ2n) is 7.08. The van der Waals surface area contributed by atoms with E-state index in [-0.39, 0.29) is 23.5 Å². The Bertz CT molecular complexity index is 1270. The first-order valence-corrected chi connectivity index (χ1v) is 9.57. The van der Waals surface area contributed by atoms with E-state index in [1.807, 2.05) is 24.3 Å². The van der Waals surface area contributed by atoms with E-state index in [1.54, 1.807) is 6.07 Å². The summed E-state index contributed by atoms with van der Waals surface area (Å²) in [5, 5.41) is 9.36. The van der Waals surface area contributed by atoms with Gasteiger partial charge in [0.15, 0.2) is 0 Å². The summed E-state index contributed by atoms with van der Waals surface area (Å²) >= 11 is 0. The first-order valence-electron chi connectivity index (χ1n) is 9.57. The zero-order chi connectivity index (χ0) is 22.0. The van der Waals surface area contributed by atoms with Crippen LogP contribution >= 0.6 is 0 Å². The summed E-state index contributed by atoms with van der Waals surface area (Å²) in [5.41, 5.74) is 9.00. The van der Waals surface area contributed by atoms with Crippen molar-refractivity contribution >= 4 is 16.9 Å². The molecule has 0 aliphatic heterocycles. The number of carbonyl (C=O) groups is 1. The molecule has 5 nitrogen and oxygen atoms in total. The largest absolute Gasteiger partial charge is 0.488 e. The van der Waals surface area contributed by atoms with Crippen LogP contribution in [0.5, 0.6) is 5.75 Å². The lowest BCUT2D eigenvalue weighted by molar-refractivity contribution is -0.136. The summed E-state index contributed by atoms with van der Waals surface area (Å²) in [5.74, 6) is -2.01. The second kappa shape index (κ2) is 8.57. The number of benzene rings is 3. The molecular formula is C24H19F2NO4. The van der Waals surface area contributed by atoms with E-state index in [0.29, 0.717) is 23.1 Å². The molecule has 1 heterocycles. The third kappa shape index (κ3) is 4.27. The summed E-state index contributed by atoms with van der Waals surface area (Å²) in [6.07, 6.45) is 1.01. The number of carboxylic acids is 1. The molecule has 0 amide bonds. The van der Waals surface area contributed by atoms with Crippen LogP contribution in [-0.2, 0) is 24.4 Å². The van der Waals surface area contributed by atoms with Gasteiger partial charge < -0.3 is 20.0 Å². The Morgan fingerprint density at radius 1 is 1.06 bits per heavy atom. The highest BCUT2D eigenvalue weighted by Gasteiger charge is 2.18. The van der Waals surface area contributed by atoms with Gasteiger partial charge in [0.25, 0.3) is 0 Å². The fourth-order valence-corrected chi connectivity index (χ4v) is 3.50. The van der Waals surface area contributed by atoms with Crippen LogP contribution in [0.4, 0.5) is 8.78 Å². The predicted octanol–water partition coefficient (Wildman–Crippen LogP) is 5.04. The van der Waals surface area contributed by atoms with E-state index in [1.165, 1.54) is 24.5 Å². The van der Waals surface area contributed by atoms with Gasteiger partial charge in [-0.25, -0.2) is 8.78 Å². The molecular weight excluding hydrogens is 404 g/mol. The van der Waals surface area contributed by atoms with Gasteiger partial charge in [-0.1, -0.05) is 18.2 Å². The number of carboxylic acid groups (broad SMARTS) is 1. The van der Waals surface area contributed by atoms with Gasteiger partial charge in [-0.15, -0.1) is 0 Å². The van der Waals surface area contributed by atoms with Crippen molar-refractivity contribution in [3.05, 3.63) is 89.2 Å². The van der Waals surface area contributed by atoms with Crippen molar-refractivity contribution in [3.63, 3.8) is 0 Å². The van der Waals surface area contributed by atoms with Gasteiger partial charge in [0.05, 0.1) is 18.1 Å². The Kier molecular flexibility index (Phi) is 5.68. The Labute approximate surface area is 176 Å². The number of halogens is 2. The maximum Gasteiger partial charge on any atom is 0.307 e. The highest BCUT2D eigenvalue weighted by molar-refractivity contribution is 5.93. The van der Waals surface area contributed by atoms with E-state index in [9.17, 15) is 9.18 Å². The first-order chi connectivity index (χ1) is 15.0. The molecule has 0 aliphatic rings. The lowest BCUT2D eigenvalue weighted by atomic mass is 9.98. The number of rotatable bonds is 7. The van der Waals surface area contributed by atoms with Gasteiger partial charge in [-0.3, -0.25) is 4.79 Å². The van der Waals surface area contributed by atoms with Crippen LogP contribution in [0.15, 0.2) is 65.3 Å². The molecule has 0 fully saturated rings. The summed E-state index contributed by atoms with van der Waals surface area (Å²) in [7, 11) is 0. The molecule has 158 valence electrons. The molecule has 7 heteroatoms. The van der Waals surface area contributed by atoms with Crippen LogP contribution < -0.4 is 10.5 Å². The fraction of sp³-hybridized carbons (Fsp3) is 0.125. The van der Waals surface area contributed by atoms with Crippen molar-refractivity contribution in [1.29, 1.82) is 0 Å². The normalized spacial score (nSPS) is 11.1. The fourth-order valence-electron chi connectivity index (χ4n) is 3.50. The molecule has 4 rings (SSSR count). The minimum atomic E-state index is -1.12. The molecule has 0 aliphatic carbocycles. The zero-order valence-electron chi connectivity index (χ0n) is 16.4. The van der Waals surface area contributed by atoms with Gasteiger partial charge in [-0.05, 0) is 47.5 Å². The molecule has 1 aromatic heterocycles. The molecule has 31 heavy (non-hydrogen) atoms. The molecule has 3 aromatic carbocycles. The van der Waals surface area contributed by atoms with Crippen LogP contribution in [0.3, 0.4) is 0 Å². The molecule has 0 unspecified atom stereocenters. The van der Waals surface area contributed by atoms with E-state index in [0.717, 1.165) is 17.2 Å². The average molecular weight is 423 g/mol. The summed E-state index contributed by atoms with van der Waals surface area (Å²) < 4.78 is 39.9. The average Bonchev–Trinajstić information content (AvgIpc) is 3.24. The predicted molar refractivity (Wildman–Crippen MR) is 112 cm³/mol. The van der Waals surface area contributed by atoms with Crippen molar-refractivity contribution in [2.24, 2.45) is 5.73 Å². The molecule has 4 aromatic rings. The van der Waals surface area contributed by atoms with E-state index in [2.05, 4.69) is 0 Å². The van der Waals surface area contributed by atoms with Crippen molar-refractivity contribution in [3.8, 4) is 16.9 Å².